The number of hydrogen-bond acceptors (Lipinski definition) is 2. The van der Waals surface area contributed by atoms with Crippen molar-refractivity contribution in [2.45, 2.75) is 6.54 Å². The Morgan fingerprint density at radius 3 is 2.26 bits per heavy atom. The zero-order valence-corrected chi connectivity index (χ0v) is 12.9. The molecule has 0 aliphatic carbocycles. The third kappa shape index (κ3) is 3.61. The van der Waals surface area contributed by atoms with Crippen molar-refractivity contribution in [2.75, 3.05) is 7.11 Å². The van der Waals surface area contributed by atoms with Gasteiger partial charge >= 0.3 is 0 Å². The van der Waals surface area contributed by atoms with Crippen LogP contribution in [0, 0.1) is 0 Å². The second-order valence-electron chi connectivity index (χ2n) is 5.17. The number of nitrogens with one attached hydrogen (secondary N) is 1. The van der Waals surface area contributed by atoms with Crippen LogP contribution in [0.15, 0.2) is 73.1 Å². The van der Waals surface area contributed by atoms with Crippen molar-refractivity contribution in [2.24, 2.45) is 0 Å². The molecular weight excluding hydrogens is 288 g/mol. The molecule has 23 heavy (non-hydrogen) atoms. The third-order valence-electron chi connectivity index (χ3n) is 3.64. The van der Waals surface area contributed by atoms with E-state index < -0.39 is 0 Å². The molecule has 3 aromatic rings. The van der Waals surface area contributed by atoms with Gasteiger partial charge in [0.25, 0.3) is 5.91 Å². The molecule has 0 saturated carbocycles. The summed E-state index contributed by atoms with van der Waals surface area (Å²) in [5.74, 6) is 0.723. The first-order chi connectivity index (χ1) is 11.3. The quantitative estimate of drug-likeness (QED) is 0.785. The number of amides is 1. The van der Waals surface area contributed by atoms with Gasteiger partial charge in [0, 0.05) is 30.2 Å². The minimum Gasteiger partial charge on any atom is -0.497 e. The highest BCUT2D eigenvalue weighted by atomic mass is 16.5. The third-order valence-corrected chi connectivity index (χ3v) is 3.64. The Kier molecular flexibility index (Phi) is 4.43. The molecule has 2 aromatic carbocycles. The number of methoxy groups -OCH3 is 1. The van der Waals surface area contributed by atoms with Gasteiger partial charge < -0.3 is 14.6 Å². The lowest BCUT2D eigenvalue weighted by molar-refractivity contribution is 0.0951. The molecular formula is C19H18N2O2. The van der Waals surface area contributed by atoms with Crippen LogP contribution in [-0.4, -0.2) is 17.6 Å². The summed E-state index contributed by atoms with van der Waals surface area (Å²) in [5, 5.41) is 2.92. The molecule has 116 valence electrons. The summed E-state index contributed by atoms with van der Waals surface area (Å²) in [5.41, 5.74) is 2.71. The number of aromatic nitrogens is 1. The zero-order chi connectivity index (χ0) is 16.1. The van der Waals surface area contributed by atoms with E-state index >= 15 is 0 Å². The molecule has 4 nitrogen and oxygen atoms in total. The van der Waals surface area contributed by atoms with Crippen LogP contribution in [0.2, 0.25) is 0 Å². The van der Waals surface area contributed by atoms with Gasteiger partial charge in [-0.2, -0.15) is 0 Å². The average Bonchev–Trinajstić information content (AvgIpc) is 3.15. The lowest BCUT2D eigenvalue weighted by Crippen LogP contribution is -2.22. The number of rotatable bonds is 5. The molecule has 1 heterocycles. The van der Waals surface area contributed by atoms with Crippen molar-refractivity contribution in [3.63, 3.8) is 0 Å². The van der Waals surface area contributed by atoms with Crippen molar-refractivity contribution >= 4 is 5.91 Å². The summed E-state index contributed by atoms with van der Waals surface area (Å²) >= 11 is 0. The molecule has 0 radical (unpaired) electrons. The van der Waals surface area contributed by atoms with Crippen molar-refractivity contribution in [3.8, 4) is 11.4 Å². The molecule has 1 aromatic heterocycles. The molecule has 4 heteroatoms. The molecule has 0 bridgehead atoms. The number of benzene rings is 2. The van der Waals surface area contributed by atoms with E-state index in [1.54, 1.807) is 7.11 Å². The number of nitrogens with zero attached hydrogens (tertiary/aromatic N) is 1. The van der Waals surface area contributed by atoms with E-state index in [2.05, 4.69) is 5.32 Å². The topological polar surface area (TPSA) is 43.3 Å². The zero-order valence-electron chi connectivity index (χ0n) is 12.9. The smallest absolute Gasteiger partial charge is 0.251 e. The highest BCUT2D eigenvalue weighted by molar-refractivity contribution is 5.94. The Morgan fingerprint density at radius 2 is 1.65 bits per heavy atom. The summed E-state index contributed by atoms with van der Waals surface area (Å²) in [7, 11) is 1.63. The number of ether oxygens (including phenoxy) is 1. The van der Waals surface area contributed by atoms with Crippen LogP contribution in [0.25, 0.3) is 5.69 Å². The van der Waals surface area contributed by atoms with Crippen LogP contribution in [0.5, 0.6) is 5.75 Å². The maximum Gasteiger partial charge on any atom is 0.251 e. The summed E-state index contributed by atoms with van der Waals surface area (Å²) in [6.45, 7) is 0.488. The highest BCUT2D eigenvalue weighted by Gasteiger charge is 2.05. The molecule has 0 atom stereocenters. The minimum absolute atomic E-state index is 0.0834. The van der Waals surface area contributed by atoms with E-state index in [0.717, 1.165) is 17.0 Å². The van der Waals surface area contributed by atoms with Crippen LogP contribution in [0.3, 0.4) is 0 Å². The molecule has 0 spiro atoms. The van der Waals surface area contributed by atoms with Crippen LogP contribution in [0.4, 0.5) is 0 Å². The fourth-order valence-corrected chi connectivity index (χ4v) is 2.32. The van der Waals surface area contributed by atoms with Gasteiger partial charge in [0.2, 0.25) is 0 Å². The second-order valence-corrected chi connectivity index (χ2v) is 5.17. The average molecular weight is 306 g/mol. The molecule has 0 aliphatic rings. The Labute approximate surface area is 135 Å². The van der Waals surface area contributed by atoms with E-state index in [9.17, 15) is 4.79 Å². The first-order valence-corrected chi connectivity index (χ1v) is 7.41. The first kappa shape index (κ1) is 14.9. The normalized spacial score (nSPS) is 10.3. The summed E-state index contributed by atoms with van der Waals surface area (Å²) in [6, 6.07) is 19.1. The summed E-state index contributed by atoms with van der Waals surface area (Å²) in [4.78, 5) is 12.2. The van der Waals surface area contributed by atoms with E-state index in [-0.39, 0.29) is 5.91 Å². The number of carbonyl (C=O) groups is 1. The van der Waals surface area contributed by atoms with Gasteiger partial charge in [-0.15, -0.1) is 0 Å². The van der Waals surface area contributed by atoms with Gasteiger partial charge in [0.1, 0.15) is 5.75 Å². The SMILES string of the molecule is COc1ccc(CNC(=O)c2ccc(-n3cccc3)cc2)cc1. The second kappa shape index (κ2) is 6.83. The summed E-state index contributed by atoms with van der Waals surface area (Å²) in [6.07, 6.45) is 3.94. The fraction of sp³-hybridized carbons (Fsp3) is 0.105. The predicted octanol–water partition coefficient (Wildman–Crippen LogP) is 3.42. The molecule has 0 aliphatic heterocycles. The molecule has 0 saturated heterocycles. The van der Waals surface area contributed by atoms with Crippen LogP contribution in [-0.2, 0) is 6.54 Å². The van der Waals surface area contributed by atoms with Crippen LogP contribution >= 0.6 is 0 Å². The Morgan fingerprint density at radius 1 is 1.00 bits per heavy atom. The van der Waals surface area contributed by atoms with Gasteiger partial charge in [0.05, 0.1) is 7.11 Å². The van der Waals surface area contributed by atoms with Crippen LogP contribution < -0.4 is 10.1 Å². The monoisotopic (exact) mass is 306 g/mol. The Hall–Kier alpha value is -3.01. The standard InChI is InChI=1S/C19H18N2O2/c1-23-18-10-4-15(5-11-18)14-20-19(22)16-6-8-17(9-7-16)21-12-2-3-13-21/h2-13H,14H2,1H3,(H,20,22). The van der Waals surface area contributed by atoms with Gasteiger partial charge in [-0.05, 0) is 54.1 Å². The lowest BCUT2D eigenvalue weighted by Gasteiger charge is -2.08. The fourth-order valence-electron chi connectivity index (χ4n) is 2.32. The van der Waals surface area contributed by atoms with Gasteiger partial charge in [-0.25, -0.2) is 0 Å². The van der Waals surface area contributed by atoms with Gasteiger partial charge in [0.15, 0.2) is 0 Å². The van der Waals surface area contributed by atoms with Crippen molar-refractivity contribution in [1.82, 2.24) is 9.88 Å². The Balaban J connectivity index is 1.61. The molecule has 0 unspecified atom stereocenters. The van der Waals surface area contributed by atoms with Gasteiger partial charge in [-0.1, -0.05) is 12.1 Å². The highest BCUT2D eigenvalue weighted by Crippen LogP contribution is 2.12. The maximum absolute atomic E-state index is 12.2. The van der Waals surface area contributed by atoms with Crippen molar-refractivity contribution in [3.05, 3.63) is 84.2 Å². The first-order valence-electron chi connectivity index (χ1n) is 7.41. The Bertz CT molecular complexity index is 760. The van der Waals surface area contributed by atoms with E-state index in [1.807, 2.05) is 77.6 Å². The largest absolute Gasteiger partial charge is 0.497 e. The molecule has 0 fully saturated rings. The lowest BCUT2D eigenvalue weighted by atomic mass is 10.1. The number of carbonyl (C=O) groups excluding carboxylic acids is 1. The van der Waals surface area contributed by atoms with E-state index in [1.165, 1.54) is 0 Å². The summed E-state index contributed by atoms with van der Waals surface area (Å²) < 4.78 is 7.12. The van der Waals surface area contributed by atoms with E-state index in [0.29, 0.717) is 12.1 Å². The van der Waals surface area contributed by atoms with Gasteiger partial charge in [-0.3, -0.25) is 4.79 Å². The van der Waals surface area contributed by atoms with Crippen LogP contribution in [0.1, 0.15) is 15.9 Å². The predicted molar refractivity (Wildman–Crippen MR) is 89.9 cm³/mol. The molecule has 3 rings (SSSR count). The molecule has 1 amide bonds. The van der Waals surface area contributed by atoms with E-state index in [4.69, 9.17) is 4.74 Å². The van der Waals surface area contributed by atoms with Crippen molar-refractivity contribution < 1.29 is 9.53 Å². The van der Waals surface area contributed by atoms with Crippen molar-refractivity contribution in [1.29, 1.82) is 0 Å². The number of hydrogen-bond donors (Lipinski definition) is 1. The minimum atomic E-state index is -0.0834. The maximum atomic E-state index is 12.2. The molecule has 1 N–H and O–H groups in total.